The van der Waals surface area contributed by atoms with Gasteiger partial charge < -0.3 is 18.9 Å². The lowest BCUT2D eigenvalue weighted by Crippen LogP contribution is -2.21. The van der Waals surface area contributed by atoms with Gasteiger partial charge in [0.15, 0.2) is 17.2 Å². The number of rotatable bonds is 4. The van der Waals surface area contributed by atoms with Gasteiger partial charge in [0, 0.05) is 17.0 Å². The minimum absolute atomic E-state index is 0.223. The van der Waals surface area contributed by atoms with Crippen molar-refractivity contribution in [2.75, 3.05) is 21.3 Å². The SMILES string of the molecule is COc1cc(OC)c(OC)cc1/C=C1\N=C(C(C)(C)C)OC1=O. The van der Waals surface area contributed by atoms with Crippen LogP contribution in [0.1, 0.15) is 26.3 Å². The number of cyclic esters (lactones) is 1. The molecule has 1 aromatic carbocycles. The summed E-state index contributed by atoms with van der Waals surface area (Å²) in [6.45, 7) is 5.79. The van der Waals surface area contributed by atoms with Crippen LogP contribution < -0.4 is 14.2 Å². The average Bonchev–Trinajstić information content (AvgIpc) is 2.88. The van der Waals surface area contributed by atoms with Crippen molar-refractivity contribution in [2.24, 2.45) is 10.4 Å². The Morgan fingerprint density at radius 3 is 2.04 bits per heavy atom. The maximum absolute atomic E-state index is 12.0. The van der Waals surface area contributed by atoms with Gasteiger partial charge in [0.25, 0.3) is 0 Å². The number of nitrogens with zero attached hydrogens (tertiary/aromatic N) is 1. The fraction of sp³-hybridized carbons (Fsp3) is 0.412. The molecule has 1 aliphatic heterocycles. The van der Waals surface area contributed by atoms with Crippen LogP contribution in [0.5, 0.6) is 17.2 Å². The summed E-state index contributed by atoms with van der Waals surface area (Å²) in [6, 6.07) is 3.42. The Kier molecular flexibility index (Phi) is 4.63. The predicted molar refractivity (Wildman–Crippen MR) is 87.1 cm³/mol. The van der Waals surface area contributed by atoms with Crippen LogP contribution in [0.15, 0.2) is 22.8 Å². The molecule has 0 saturated heterocycles. The first kappa shape index (κ1) is 16.9. The molecule has 0 aromatic heterocycles. The molecule has 6 heteroatoms. The van der Waals surface area contributed by atoms with Gasteiger partial charge in [-0.1, -0.05) is 20.8 Å². The van der Waals surface area contributed by atoms with Gasteiger partial charge in [0.2, 0.25) is 5.90 Å². The molecule has 0 atom stereocenters. The summed E-state index contributed by atoms with van der Waals surface area (Å²) in [6.07, 6.45) is 1.61. The first-order chi connectivity index (χ1) is 10.8. The highest BCUT2D eigenvalue weighted by molar-refractivity contribution is 6.08. The molecule has 1 heterocycles. The normalized spacial score (nSPS) is 16.2. The van der Waals surface area contributed by atoms with E-state index in [0.29, 0.717) is 28.7 Å². The molecule has 1 aliphatic rings. The Morgan fingerprint density at radius 1 is 1.00 bits per heavy atom. The fourth-order valence-electron chi connectivity index (χ4n) is 2.04. The number of esters is 1. The molecule has 0 aliphatic carbocycles. The van der Waals surface area contributed by atoms with Gasteiger partial charge in [0.1, 0.15) is 5.75 Å². The van der Waals surface area contributed by atoms with E-state index in [2.05, 4.69) is 4.99 Å². The molecule has 6 nitrogen and oxygen atoms in total. The second-order valence-corrected chi connectivity index (χ2v) is 6.04. The highest BCUT2D eigenvalue weighted by Crippen LogP contribution is 2.36. The fourth-order valence-corrected chi connectivity index (χ4v) is 2.04. The standard InChI is InChI=1S/C17H21NO5/c1-17(2,3)16-18-11(15(19)23-16)7-10-8-13(21-5)14(22-6)9-12(10)20-4/h7-9H,1-6H3/b11-7-. The van der Waals surface area contributed by atoms with Crippen molar-refractivity contribution in [3.05, 3.63) is 23.4 Å². The lowest BCUT2D eigenvalue weighted by molar-refractivity contribution is -0.130. The zero-order valence-corrected chi connectivity index (χ0v) is 14.2. The second kappa shape index (κ2) is 6.32. The summed E-state index contributed by atoms with van der Waals surface area (Å²) < 4.78 is 21.1. The number of hydrogen-bond acceptors (Lipinski definition) is 6. The number of ether oxygens (including phenoxy) is 4. The van der Waals surface area contributed by atoms with Crippen LogP contribution in [0.25, 0.3) is 6.08 Å². The van der Waals surface area contributed by atoms with Crippen LogP contribution in [0.2, 0.25) is 0 Å². The molecule has 2 rings (SSSR count). The van der Waals surface area contributed by atoms with E-state index < -0.39 is 5.97 Å². The van der Waals surface area contributed by atoms with Crippen molar-refractivity contribution >= 4 is 17.9 Å². The highest BCUT2D eigenvalue weighted by atomic mass is 16.6. The number of benzene rings is 1. The van der Waals surface area contributed by atoms with E-state index in [1.807, 2.05) is 20.8 Å². The van der Waals surface area contributed by atoms with Crippen LogP contribution in [0, 0.1) is 5.41 Å². The smallest absolute Gasteiger partial charge is 0.363 e. The Balaban J connectivity index is 2.50. The average molecular weight is 319 g/mol. The van der Waals surface area contributed by atoms with Crippen molar-refractivity contribution in [3.8, 4) is 17.2 Å². The van der Waals surface area contributed by atoms with Crippen LogP contribution in [-0.2, 0) is 9.53 Å². The van der Waals surface area contributed by atoms with Crippen LogP contribution in [0.4, 0.5) is 0 Å². The van der Waals surface area contributed by atoms with Gasteiger partial charge >= 0.3 is 5.97 Å². The number of aliphatic imine (C=N–C) groups is 1. The summed E-state index contributed by atoms with van der Waals surface area (Å²) in [5.41, 5.74) is 0.531. The van der Waals surface area contributed by atoms with E-state index in [1.54, 1.807) is 39.5 Å². The van der Waals surface area contributed by atoms with Gasteiger partial charge in [-0.25, -0.2) is 9.79 Å². The maximum Gasteiger partial charge on any atom is 0.363 e. The molecule has 124 valence electrons. The van der Waals surface area contributed by atoms with Gasteiger partial charge in [0.05, 0.1) is 21.3 Å². The third-order valence-electron chi connectivity index (χ3n) is 3.29. The molecule has 0 spiro atoms. The van der Waals surface area contributed by atoms with Crippen molar-refractivity contribution < 1.29 is 23.7 Å². The number of carbonyl (C=O) groups is 1. The first-order valence-electron chi connectivity index (χ1n) is 7.13. The molecule has 0 N–H and O–H groups in total. The molecular weight excluding hydrogens is 298 g/mol. The Morgan fingerprint density at radius 2 is 1.57 bits per heavy atom. The Bertz CT molecular complexity index is 683. The zero-order chi connectivity index (χ0) is 17.2. The van der Waals surface area contributed by atoms with E-state index in [0.717, 1.165) is 0 Å². The van der Waals surface area contributed by atoms with Gasteiger partial charge in [-0.05, 0) is 12.1 Å². The van der Waals surface area contributed by atoms with Crippen LogP contribution in [-0.4, -0.2) is 33.2 Å². The van der Waals surface area contributed by atoms with Gasteiger partial charge in [-0.3, -0.25) is 0 Å². The lowest BCUT2D eigenvalue weighted by atomic mass is 9.97. The summed E-state index contributed by atoms with van der Waals surface area (Å²) in [5, 5.41) is 0. The van der Waals surface area contributed by atoms with Crippen molar-refractivity contribution in [1.82, 2.24) is 0 Å². The third-order valence-corrected chi connectivity index (χ3v) is 3.29. The topological polar surface area (TPSA) is 66.3 Å². The van der Waals surface area contributed by atoms with E-state index in [-0.39, 0.29) is 11.1 Å². The van der Waals surface area contributed by atoms with Gasteiger partial charge in [-0.15, -0.1) is 0 Å². The van der Waals surface area contributed by atoms with Crippen LogP contribution in [0.3, 0.4) is 0 Å². The molecule has 0 radical (unpaired) electrons. The lowest BCUT2D eigenvalue weighted by Gasteiger charge is -2.15. The molecule has 1 aromatic rings. The monoisotopic (exact) mass is 319 g/mol. The van der Waals surface area contributed by atoms with E-state index >= 15 is 0 Å². The van der Waals surface area contributed by atoms with Gasteiger partial charge in [-0.2, -0.15) is 0 Å². The summed E-state index contributed by atoms with van der Waals surface area (Å²) in [4.78, 5) is 16.3. The maximum atomic E-state index is 12.0. The minimum Gasteiger partial charge on any atom is -0.496 e. The third kappa shape index (κ3) is 3.47. The van der Waals surface area contributed by atoms with E-state index in [9.17, 15) is 4.79 Å². The van der Waals surface area contributed by atoms with Crippen molar-refractivity contribution in [2.45, 2.75) is 20.8 Å². The van der Waals surface area contributed by atoms with E-state index in [4.69, 9.17) is 18.9 Å². The number of carbonyl (C=O) groups excluding carboxylic acids is 1. The molecular formula is C17H21NO5. The molecule has 0 bridgehead atoms. The van der Waals surface area contributed by atoms with Crippen molar-refractivity contribution in [3.63, 3.8) is 0 Å². The second-order valence-electron chi connectivity index (χ2n) is 6.04. The summed E-state index contributed by atoms with van der Waals surface area (Å²) in [5.74, 6) is 1.54. The molecule has 0 amide bonds. The Labute approximate surface area is 135 Å². The summed E-state index contributed by atoms with van der Waals surface area (Å²) in [7, 11) is 4.63. The molecule has 23 heavy (non-hydrogen) atoms. The first-order valence-corrected chi connectivity index (χ1v) is 7.13. The molecule has 0 unspecified atom stereocenters. The summed E-state index contributed by atoms with van der Waals surface area (Å²) >= 11 is 0. The predicted octanol–water partition coefficient (Wildman–Crippen LogP) is 3.05. The Hall–Kier alpha value is -2.50. The number of methoxy groups -OCH3 is 3. The molecule has 0 fully saturated rings. The largest absolute Gasteiger partial charge is 0.496 e. The highest BCUT2D eigenvalue weighted by Gasteiger charge is 2.31. The van der Waals surface area contributed by atoms with Crippen LogP contribution >= 0.6 is 0 Å². The number of hydrogen-bond donors (Lipinski definition) is 0. The minimum atomic E-state index is -0.480. The quantitative estimate of drug-likeness (QED) is 0.630. The van der Waals surface area contributed by atoms with Crippen molar-refractivity contribution in [1.29, 1.82) is 0 Å². The van der Waals surface area contributed by atoms with E-state index in [1.165, 1.54) is 0 Å². The molecule has 0 saturated carbocycles. The zero-order valence-electron chi connectivity index (χ0n) is 14.2.